The molecule has 3 amide bonds. The van der Waals surface area contributed by atoms with Crippen LogP contribution in [0.3, 0.4) is 0 Å². The number of nitrogens with one attached hydrogen (secondary N) is 1. The molecule has 2 rings (SSSR count). The largest absolute Gasteiger partial charge is 0.480 e. The van der Waals surface area contributed by atoms with Crippen LogP contribution in [0.5, 0.6) is 0 Å². The minimum atomic E-state index is -0.992. The number of amides is 3. The van der Waals surface area contributed by atoms with E-state index < -0.39 is 29.5 Å². The number of hydrogen-bond acceptors (Lipinski definition) is 5. The fourth-order valence-electron chi connectivity index (χ4n) is 5.22. The van der Waals surface area contributed by atoms with E-state index >= 15 is 0 Å². The van der Waals surface area contributed by atoms with Gasteiger partial charge < -0.3 is 20.2 Å². The van der Waals surface area contributed by atoms with Gasteiger partial charge in [-0.05, 0) is 57.5 Å². The number of hydrogen-bond donors (Lipinski definition) is 2. The number of carboxylic acids is 1. The summed E-state index contributed by atoms with van der Waals surface area (Å²) in [5.41, 5.74) is -0.101. The monoisotopic (exact) mass is 506 g/mol. The lowest BCUT2D eigenvalue weighted by Gasteiger charge is -2.39. The van der Waals surface area contributed by atoms with Gasteiger partial charge in [0.05, 0.1) is 12.1 Å². The number of likely N-dealkylation sites (N-methyl/N-ethyl adjacent to an activating group) is 2. The fourth-order valence-corrected chi connectivity index (χ4v) is 5.22. The van der Waals surface area contributed by atoms with Gasteiger partial charge in [-0.15, -0.1) is 0 Å². The van der Waals surface area contributed by atoms with Gasteiger partial charge in [0, 0.05) is 19.2 Å². The molecule has 0 aromatic carbocycles. The summed E-state index contributed by atoms with van der Waals surface area (Å²) in [6.07, 6.45) is 5.70. The summed E-state index contributed by atoms with van der Waals surface area (Å²) < 4.78 is 0. The minimum Gasteiger partial charge on any atom is -0.480 e. The topological polar surface area (TPSA) is 110 Å². The van der Waals surface area contributed by atoms with E-state index in [0.717, 1.165) is 25.8 Å². The van der Waals surface area contributed by atoms with E-state index in [-0.39, 0.29) is 29.7 Å². The van der Waals surface area contributed by atoms with Gasteiger partial charge in [-0.1, -0.05) is 47.1 Å². The van der Waals surface area contributed by atoms with Crippen molar-refractivity contribution in [1.29, 1.82) is 0 Å². The van der Waals surface area contributed by atoms with E-state index in [0.29, 0.717) is 25.0 Å². The molecule has 2 aliphatic heterocycles. The van der Waals surface area contributed by atoms with Crippen LogP contribution in [0.25, 0.3) is 0 Å². The molecule has 1 unspecified atom stereocenters. The van der Waals surface area contributed by atoms with E-state index in [1.54, 1.807) is 24.9 Å². The summed E-state index contributed by atoms with van der Waals surface area (Å²) in [5.74, 6) is -1.65. The van der Waals surface area contributed by atoms with Crippen LogP contribution in [0, 0.1) is 11.3 Å². The molecule has 2 fully saturated rings. The molecular weight excluding hydrogens is 460 g/mol. The molecule has 0 radical (unpaired) electrons. The molecule has 4 atom stereocenters. The van der Waals surface area contributed by atoms with Crippen LogP contribution in [0.15, 0.2) is 11.6 Å². The van der Waals surface area contributed by atoms with Gasteiger partial charge >= 0.3 is 5.97 Å². The van der Waals surface area contributed by atoms with Crippen molar-refractivity contribution >= 4 is 23.7 Å². The normalized spacial score (nSPS) is 23.4. The molecule has 0 aliphatic carbocycles. The molecule has 9 nitrogen and oxygen atoms in total. The lowest BCUT2D eigenvalue weighted by atomic mass is 9.84. The third kappa shape index (κ3) is 7.08. The molecule has 0 bridgehead atoms. The molecule has 2 aliphatic rings. The Morgan fingerprint density at radius 2 is 1.64 bits per heavy atom. The molecule has 9 heteroatoms. The van der Waals surface area contributed by atoms with Crippen LogP contribution in [0.1, 0.15) is 73.6 Å². The highest BCUT2D eigenvalue weighted by molar-refractivity contribution is 5.96. The maximum atomic E-state index is 13.8. The molecule has 0 aromatic heterocycles. The van der Waals surface area contributed by atoms with Gasteiger partial charge in [0.25, 0.3) is 0 Å². The summed E-state index contributed by atoms with van der Waals surface area (Å²) in [5, 5.41) is 12.5. The summed E-state index contributed by atoms with van der Waals surface area (Å²) in [6.45, 7) is 12.7. The first-order valence-electron chi connectivity index (χ1n) is 13.2. The highest BCUT2D eigenvalue weighted by Crippen LogP contribution is 2.26. The maximum Gasteiger partial charge on any atom is 0.326 e. The predicted molar refractivity (Wildman–Crippen MR) is 139 cm³/mol. The Balaban J connectivity index is 2.25. The van der Waals surface area contributed by atoms with Crippen molar-refractivity contribution in [3.05, 3.63) is 11.6 Å². The number of likely N-dealkylation sites (tertiary alicyclic amines) is 2. The third-order valence-electron chi connectivity index (χ3n) is 7.51. The van der Waals surface area contributed by atoms with Crippen molar-refractivity contribution in [2.24, 2.45) is 11.3 Å². The first-order valence-corrected chi connectivity index (χ1v) is 13.2. The van der Waals surface area contributed by atoms with Crippen LogP contribution >= 0.6 is 0 Å². The smallest absolute Gasteiger partial charge is 0.326 e. The second kappa shape index (κ2) is 12.2. The van der Waals surface area contributed by atoms with Crippen molar-refractivity contribution in [3.63, 3.8) is 0 Å². The molecule has 36 heavy (non-hydrogen) atoms. The minimum absolute atomic E-state index is 0.00338. The number of carbonyl (C=O) groups excluding carboxylic acids is 3. The van der Waals surface area contributed by atoms with Crippen molar-refractivity contribution in [2.45, 2.75) is 97.8 Å². The first kappa shape index (κ1) is 29.8. The van der Waals surface area contributed by atoms with E-state index in [9.17, 15) is 24.3 Å². The Kier molecular flexibility index (Phi) is 10.1. The lowest BCUT2D eigenvalue weighted by molar-refractivity contribution is -0.146. The Morgan fingerprint density at radius 3 is 2.17 bits per heavy atom. The second-order valence-corrected chi connectivity index (χ2v) is 11.8. The van der Waals surface area contributed by atoms with Gasteiger partial charge in [0.1, 0.15) is 12.1 Å². The van der Waals surface area contributed by atoms with Crippen molar-refractivity contribution in [1.82, 2.24) is 20.0 Å². The number of carbonyl (C=O) groups is 4. The lowest BCUT2D eigenvalue weighted by Crippen LogP contribution is -2.59. The zero-order valence-corrected chi connectivity index (χ0v) is 23.3. The summed E-state index contributed by atoms with van der Waals surface area (Å²) in [7, 11) is 3.65. The van der Waals surface area contributed by atoms with Gasteiger partial charge in [0.2, 0.25) is 17.7 Å². The molecule has 0 saturated carbocycles. The molecule has 0 spiro atoms. The number of nitrogens with zero attached hydrogens (tertiary/aromatic N) is 3. The maximum absolute atomic E-state index is 13.8. The van der Waals surface area contributed by atoms with E-state index in [2.05, 4.69) is 5.32 Å². The third-order valence-corrected chi connectivity index (χ3v) is 7.51. The average molecular weight is 507 g/mol. The van der Waals surface area contributed by atoms with Gasteiger partial charge in [-0.3, -0.25) is 19.3 Å². The Morgan fingerprint density at radius 1 is 1.03 bits per heavy atom. The molecular formula is C27H46N4O5. The summed E-state index contributed by atoms with van der Waals surface area (Å²) in [4.78, 5) is 56.6. The molecule has 2 heterocycles. The van der Waals surface area contributed by atoms with Crippen LogP contribution < -0.4 is 5.32 Å². The van der Waals surface area contributed by atoms with Crippen LogP contribution in [-0.2, 0) is 19.2 Å². The summed E-state index contributed by atoms with van der Waals surface area (Å²) in [6, 6.07) is -2.18. The first-order chi connectivity index (χ1) is 16.7. The fraction of sp³-hybridized carbons (Fsp3) is 0.778. The SMILES string of the molecule is C/C(=C\[C@H](C(C)C)N(C)C(=O)[C@@H](NC(=O)C1CCCCN1C)C(C)(C)C)C(=O)N1CCC[C@H]1C(=O)O. The van der Waals surface area contributed by atoms with Gasteiger partial charge in [-0.2, -0.15) is 0 Å². The number of rotatable bonds is 8. The number of carboxylic acid groups (broad SMARTS) is 1. The van der Waals surface area contributed by atoms with Crippen molar-refractivity contribution < 1.29 is 24.3 Å². The highest BCUT2D eigenvalue weighted by Gasteiger charge is 2.39. The molecule has 0 aromatic rings. The van der Waals surface area contributed by atoms with E-state index in [1.807, 2.05) is 46.6 Å². The van der Waals surface area contributed by atoms with Crippen molar-refractivity contribution in [3.8, 4) is 0 Å². The second-order valence-electron chi connectivity index (χ2n) is 11.8. The number of aliphatic carboxylic acids is 1. The molecule has 2 N–H and O–H groups in total. The number of piperidine rings is 1. The van der Waals surface area contributed by atoms with Crippen LogP contribution in [-0.4, -0.2) is 94.8 Å². The quantitative estimate of drug-likeness (QED) is 0.490. The highest BCUT2D eigenvalue weighted by atomic mass is 16.4. The van der Waals surface area contributed by atoms with Gasteiger partial charge in [-0.25, -0.2) is 4.79 Å². The Bertz CT molecular complexity index is 863. The molecule has 204 valence electrons. The molecule has 2 saturated heterocycles. The van der Waals surface area contributed by atoms with Gasteiger partial charge in [0.15, 0.2) is 0 Å². The van der Waals surface area contributed by atoms with Crippen molar-refractivity contribution in [2.75, 3.05) is 27.2 Å². The van der Waals surface area contributed by atoms with Crippen LogP contribution in [0.4, 0.5) is 0 Å². The van der Waals surface area contributed by atoms with Crippen LogP contribution in [0.2, 0.25) is 0 Å². The van der Waals surface area contributed by atoms with E-state index in [4.69, 9.17) is 0 Å². The predicted octanol–water partition coefficient (Wildman–Crippen LogP) is 2.51. The zero-order valence-electron chi connectivity index (χ0n) is 23.3. The Hall–Kier alpha value is -2.42. The summed E-state index contributed by atoms with van der Waals surface area (Å²) >= 11 is 0. The Labute approximate surface area is 216 Å². The van der Waals surface area contributed by atoms with E-state index in [1.165, 1.54) is 4.90 Å². The standard InChI is InChI=1S/C27H46N4O5/c1-17(2)21(16-18(3)24(33)31-15-11-13-20(31)26(35)36)30(8)25(34)22(27(4,5)6)28-23(32)19-12-9-10-14-29(19)7/h16-17,19-22H,9-15H2,1-8H3,(H,28,32)(H,35,36)/b18-16+/t19?,20-,21+,22+/m0/s1. The zero-order chi connectivity index (χ0) is 27.4. The average Bonchev–Trinajstić information content (AvgIpc) is 3.29.